The number of aromatic nitrogens is 1. The summed E-state index contributed by atoms with van der Waals surface area (Å²) in [6.45, 7) is 0. The van der Waals surface area contributed by atoms with E-state index in [0.29, 0.717) is 36.5 Å². The third kappa shape index (κ3) is 4.06. The van der Waals surface area contributed by atoms with E-state index in [4.69, 9.17) is 14.0 Å². The third-order valence-corrected chi connectivity index (χ3v) is 8.11. The quantitative estimate of drug-likeness (QED) is 0.549. The van der Waals surface area contributed by atoms with Crippen LogP contribution in [0.4, 0.5) is 0 Å². The lowest BCUT2D eigenvalue weighted by Gasteiger charge is -2.59. The van der Waals surface area contributed by atoms with E-state index in [9.17, 15) is 19.5 Å². The molecule has 186 valence electrons. The molecule has 1 aromatic carbocycles. The Morgan fingerprint density at radius 1 is 1.14 bits per heavy atom. The lowest BCUT2D eigenvalue weighted by Crippen LogP contribution is -2.61. The Hall–Kier alpha value is -3.36. The number of rotatable bonds is 8. The van der Waals surface area contributed by atoms with E-state index in [1.807, 2.05) is 18.2 Å². The number of esters is 1. The maximum absolute atomic E-state index is 13.6. The molecule has 4 aliphatic carbocycles. The van der Waals surface area contributed by atoms with Gasteiger partial charge in [-0.3, -0.25) is 9.59 Å². The molecule has 35 heavy (non-hydrogen) atoms. The Balaban J connectivity index is 1.33. The van der Waals surface area contributed by atoms with Gasteiger partial charge < -0.3 is 24.4 Å². The van der Waals surface area contributed by atoms with Crippen LogP contribution in [0.5, 0.6) is 5.75 Å². The molecule has 4 bridgehead atoms. The van der Waals surface area contributed by atoms with Crippen LogP contribution in [0.1, 0.15) is 44.3 Å². The van der Waals surface area contributed by atoms with Gasteiger partial charge in [-0.25, -0.2) is 4.79 Å². The second-order valence-electron chi connectivity index (χ2n) is 10.5. The van der Waals surface area contributed by atoms with Gasteiger partial charge in [0.25, 0.3) is 0 Å². The smallest absolute Gasteiger partial charge is 0.326 e. The monoisotopic (exact) mass is 482 g/mol. The molecule has 2 aromatic rings. The lowest BCUT2D eigenvalue weighted by atomic mass is 9.44. The van der Waals surface area contributed by atoms with Crippen molar-refractivity contribution in [2.24, 2.45) is 22.7 Å². The average Bonchev–Trinajstić information content (AvgIpc) is 3.30. The fraction of sp³-hybridized carbons (Fsp3) is 0.538. The Kier molecular flexibility index (Phi) is 5.81. The summed E-state index contributed by atoms with van der Waals surface area (Å²) >= 11 is 0. The molecule has 6 rings (SSSR count). The van der Waals surface area contributed by atoms with Gasteiger partial charge >= 0.3 is 11.9 Å². The van der Waals surface area contributed by atoms with Gasteiger partial charge in [0.05, 0.1) is 25.0 Å². The summed E-state index contributed by atoms with van der Waals surface area (Å²) in [5.41, 5.74) is -0.129. The van der Waals surface area contributed by atoms with Crippen molar-refractivity contribution in [3.05, 3.63) is 36.1 Å². The normalized spacial score (nSPS) is 29.4. The summed E-state index contributed by atoms with van der Waals surface area (Å²) in [6.07, 6.45) is 4.24. The van der Waals surface area contributed by atoms with Gasteiger partial charge in [0.15, 0.2) is 0 Å². The van der Waals surface area contributed by atoms with Gasteiger partial charge in [-0.1, -0.05) is 17.3 Å². The number of ether oxygens (including phenoxy) is 2. The van der Waals surface area contributed by atoms with Gasteiger partial charge in [-0.05, 0) is 62.5 Å². The maximum Gasteiger partial charge on any atom is 0.326 e. The first kappa shape index (κ1) is 23.4. The molecule has 1 amide bonds. The van der Waals surface area contributed by atoms with Crippen LogP contribution in [0.2, 0.25) is 0 Å². The molecular weight excluding hydrogens is 452 g/mol. The standard InChI is InChI=1S/C26H30N2O7/c1-33-21-6-4-3-5-18(21)19-8-17(35-28-19)9-20(22(29)30)27-23(31)25-10-15-7-16(11-25)13-26(12-15,14-25)24(32)34-2/h3-6,8,15-16,20H,7,9-14H2,1-2H3,(H,27,31)(H,29,30). The summed E-state index contributed by atoms with van der Waals surface area (Å²) in [4.78, 5) is 38.4. The molecule has 1 heterocycles. The van der Waals surface area contributed by atoms with E-state index in [1.54, 1.807) is 19.2 Å². The number of nitrogens with one attached hydrogen (secondary N) is 1. The summed E-state index contributed by atoms with van der Waals surface area (Å²) in [5.74, 6) is -0.169. The van der Waals surface area contributed by atoms with Crippen molar-refractivity contribution in [2.45, 2.75) is 51.0 Å². The van der Waals surface area contributed by atoms with Crippen LogP contribution < -0.4 is 10.1 Å². The minimum atomic E-state index is -1.18. The number of carbonyl (C=O) groups is 3. The van der Waals surface area contributed by atoms with Crippen LogP contribution in [-0.4, -0.2) is 48.4 Å². The Morgan fingerprint density at radius 2 is 1.83 bits per heavy atom. The highest BCUT2D eigenvalue weighted by Crippen LogP contribution is 2.65. The number of benzene rings is 1. The molecule has 9 heteroatoms. The molecular formula is C26H30N2O7. The number of nitrogens with zero attached hydrogens (tertiary/aromatic N) is 1. The molecule has 0 radical (unpaired) electrons. The molecule has 3 unspecified atom stereocenters. The highest BCUT2D eigenvalue weighted by molar-refractivity contribution is 5.89. The fourth-order valence-electron chi connectivity index (χ4n) is 7.09. The third-order valence-electron chi connectivity index (χ3n) is 8.11. The highest BCUT2D eigenvalue weighted by Gasteiger charge is 2.63. The Morgan fingerprint density at radius 3 is 2.49 bits per heavy atom. The molecule has 0 saturated heterocycles. The maximum atomic E-state index is 13.6. The molecule has 4 aliphatic rings. The van der Waals surface area contributed by atoms with Gasteiger partial charge in [-0.15, -0.1) is 0 Å². The summed E-state index contributed by atoms with van der Waals surface area (Å²) in [6, 6.07) is 7.81. The van der Waals surface area contributed by atoms with Gasteiger partial charge in [0.2, 0.25) is 5.91 Å². The van der Waals surface area contributed by atoms with Gasteiger partial charge in [0, 0.05) is 18.1 Å². The summed E-state index contributed by atoms with van der Waals surface area (Å²) in [7, 11) is 2.95. The second-order valence-corrected chi connectivity index (χ2v) is 10.5. The minimum Gasteiger partial charge on any atom is -0.496 e. The topological polar surface area (TPSA) is 128 Å². The number of aliphatic carboxylic acids is 1. The van der Waals surface area contributed by atoms with Crippen LogP contribution in [0.25, 0.3) is 11.3 Å². The lowest BCUT2D eigenvalue weighted by molar-refractivity contribution is -0.182. The molecule has 9 nitrogen and oxygen atoms in total. The number of hydrogen-bond donors (Lipinski definition) is 2. The SMILES string of the molecule is COC(=O)C12CC3CC(CC(C(=O)NC(Cc4cc(-c5ccccc5OC)no4)C(=O)O)(C3)C1)C2. The number of carbonyl (C=O) groups excluding carboxylic acids is 2. The summed E-state index contributed by atoms with van der Waals surface area (Å²) < 4.78 is 15.9. The predicted octanol–water partition coefficient (Wildman–Crippen LogP) is 3.22. The van der Waals surface area contributed by atoms with Crippen molar-refractivity contribution >= 4 is 17.8 Å². The Labute approximate surface area is 203 Å². The molecule has 0 spiro atoms. The van der Waals surface area contributed by atoms with E-state index in [0.717, 1.165) is 24.8 Å². The first-order chi connectivity index (χ1) is 16.8. The van der Waals surface area contributed by atoms with Crippen molar-refractivity contribution in [3.8, 4) is 17.0 Å². The molecule has 4 fully saturated rings. The van der Waals surface area contributed by atoms with E-state index in [1.165, 1.54) is 7.11 Å². The largest absolute Gasteiger partial charge is 0.496 e. The predicted molar refractivity (Wildman–Crippen MR) is 123 cm³/mol. The van der Waals surface area contributed by atoms with E-state index in [-0.39, 0.29) is 30.1 Å². The number of hydrogen-bond acceptors (Lipinski definition) is 7. The van der Waals surface area contributed by atoms with Crippen molar-refractivity contribution in [3.63, 3.8) is 0 Å². The zero-order valence-electron chi connectivity index (χ0n) is 19.9. The van der Waals surface area contributed by atoms with Crippen LogP contribution in [0.3, 0.4) is 0 Å². The average molecular weight is 483 g/mol. The second kappa shape index (κ2) is 8.70. The molecule has 2 N–H and O–H groups in total. The van der Waals surface area contributed by atoms with Crippen LogP contribution in [0.15, 0.2) is 34.9 Å². The van der Waals surface area contributed by atoms with Crippen molar-refractivity contribution in [1.29, 1.82) is 0 Å². The van der Waals surface area contributed by atoms with Crippen LogP contribution >= 0.6 is 0 Å². The van der Waals surface area contributed by atoms with E-state index >= 15 is 0 Å². The van der Waals surface area contributed by atoms with Crippen LogP contribution in [0, 0.1) is 22.7 Å². The Bertz CT molecular complexity index is 1140. The first-order valence-corrected chi connectivity index (χ1v) is 12.0. The van der Waals surface area contributed by atoms with Crippen molar-refractivity contribution in [2.75, 3.05) is 14.2 Å². The van der Waals surface area contributed by atoms with Crippen molar-refractivity contribution in [1.82, 2.24) is 10.5 Å². The highest BCUT2D eigenvalue weighted by atomic mass is 16.5. The van der Waals surface area contributed by atoms with E-state index < -0.39 is 22.8 Å². The zero-order chi connectivity index (χ0) is 24.8. The number of methoxy groups -OCH3 is 2. The summed E-state index contributed by atoms with van der Waals surface area (Å²) in [5, 5.41) is 16.7. The zero-order valence-corrected chi connectivity index (χ0v) is 19.9. The minimum absolute atomic E-state index is 0.0473. The number of carboxylic acids is 1. The fourth-order valence-corrected chi connectivity index (χ4v) is 7.09. The van der Waals surface area contributed by atoms with Gasteiger partial charge in [0.1, 0.15) is 23.2 Å². The van der Waals surface area contributed by atoms with Gasteiger partial charge in [-0.2, -0.15) is 0 Å². The van der Waals surface area contributed by atoms with Crippen molar-refractivity contribution < 1.29 is 33.5 Å². The first-order valence-electron chi connectivity index (χ1n) is 12.0. The number of para-hydroxylation sites is 1. The molecule has 1 aromatic heterocycles. The number of amides is 1. The number of carboxylic acid groups (broad SMARTS) is 1. The molecule has 4 saturated carbocycles. The molecule has 3 atom stereocenters. The van der Waals surface area contributed by atoms with E-state index in [2.05, 4.69) is 10.5 Å². The van der Waals surface area contributed by atoms with Crippen LogP contribution in [-0.2, 0) is 25.5 Å². The molecule has 0 aliphatic heterocycles.